The van der Waals surface area contributed by atoms with E-state index in [0.717, 1.165) is 5.52 Å². The fourth-order valence-electron chi connectivity index (χ4n) is 3.64. The van der Waals surface area contributed by atoms with E-state index in [1.165, 1.54) is 6.07 Å². The molecule has 5 nitrogen and oxygen atoms in total. The van der Waals surface area contributed by atoms with Gasteiger partial charge in [-0.3, -0.25) is 4.79 Å². The highest BCUT2D eigenvalue weighted by Crippen LogP contribution is 2.26. The van der Waals surface area contributed by atoms with E-state index in [-0.39, 0.29) is 37.6 Å². The number of carbonyl (C=O) groups excluding carboxylic acids is 1. The first-order valence-corrected chi connectivity index (χ1v) is 9.72. The molecule has 4 rings (SSSR count). The lowest BCUT2D eigenvalue weighted by molar-refractivity contribution is -0.0543. The standard InChI is InChI=1S/C22H22F3N3O2/c1-14-10-16-6-7-17(30-13-15-4-2-3-5-18(15)23)12-28(16)20(14)21(29)27-19-11-26-9-8-22(19,24)25/h2-7,10,12,19,26H,8-9,11,13H2,1H3,(H,27,29). The lowest BCUT2D eigenvalue weighted by Gasteiger charge is -2.32. The molecule has 3 aromatic rings. The number of carbonyl (C=O) groups is 1. The van der Waals surface area contributed by atoms with Gasteiger partial charge in [0.1, 0.15) is 29.9 Å². The Bertz CT molecular complexity index is 1080. The quantitative estimate of drug-likeness (QED) is 0.666. The Morgan fingerprint density at radius 3 is 2.87 bits per heavy atom. The summed E-state index contributed by atoms with van der Waals surface area (Å²) in [5, 5.41) is 5.35. The molecule has 1 atom stereocenters. The number of nitrogens with one attached hydrogen (secondary N) is 2. The van der Waals surface area contributed by atoms with Gasteiger partial charge in [0.25, 0.3) is 11.8 Å². The maximum absolute atomic E-state index is 14.1. The fraction of sp³-hybridized carbons (Fsp3) is 0.318. The molecule has 158 valence electrons. The first-order chi connectivity index (χ1) is 14.3. The number of nitrogens with zero attached hydrogens (tertiary/aromatic N) is 1. The Balaban J connectivity index is 1.57. The van der Waals surface area contributed by atoms with E-state index < -0.39 is 17.9 Å². The number of benzene rings is 1. The molecule has 1 unspecified atom stereocenters. The summed E-state index contributed by atoms with van der Waals surface area (Å²) in [6, 6.07) is 10.3. The van der Waals surface area contributed by atoms with Gasteiger partial charge in [-0.25, -0.2) is 13.2 Å². The number of alkyl halides is 2. The van der Waals surface area contributed by atoms with Gasteiger partial charge in [-0.05, 0) is 36.8 Å². The van der Waals surface area contributed by atoms with Gasteiger partial charge in [0.2, 0.25) is 0 Å². The van der Waals surface area contributed by atoms with Crippen molar-refractivity contribution in [2.45, 2.75) is 31.9 Å². The molecule has 1 fully saturated rings. The molecule has 30 heavy (non-hydrogen) atoms. The van der Waals surface area contributed by atoms with Crippen molar-refractivity contribution >= 4 is 11.4 Å². The number of halogens is 3. The lowest BCUT2D eigenvalue weighted by atomic mass is 10.0. The molecule has 1 aliphatic heterocycles. The molecule has 2 N–H and O–H groups in total. The summed E-state index contributed by atoms with van der Waals surface area (Å²) < 4.78 is 49.4. The van der Waals surface area contributed by atoms with Gasteiger partial charge in [-0.1, -0.05) is 18.2 Å². The molecule has 3 heterocycles. The Morgan fingerprint density at radius 1 is 1.30 bits per heavy atom. The zero-order valence-corrected chi connectivity index (χ0v) is 16.4. The van der Waals surface area contributed by atoms with Crippen LogP contribution < -0.4 is 15.4 Å². The minimum absolute atomic E-state index is 0.0120. The van der Waals surface area contributed by atoms with Gasteiger partial charge in [0.15, 0.2) is 0 Å². The van der Waals surface area contributed by atoms with Crippen LogP contribution in [0.15, 0.2) is 48.7 Å². The van der Waals surface area contributed by atoms with Crippen molar-refractivity contribution in [3.63, 3.8) is 0 Å². The number of fused-ring (bicyclic) bond motifs is 1. The van der Waals surface area contributed by atoms with Gasteiger partial charge in [0.05, 0.1) is 6.20 Å². The zero-order chi connectivity index (χ0) is 21.3. The van der Waals surface area contributed by atoms with Crippen LogP contribution in [0, 0.1) is 12.7 Å². The van der Waals surface area contributed by atoms with Crippen LogP contribution in [-0.4, -0.2) is 35.4 Å². The van der Waals surface area contributed by atoms with Crippen LogP contribution in [-0.2, 0) is 6.61 Å². The predicted molar refractivity (Wildman–Crippen MR) is 107 cm³/mol. The number of ether oxygens (including phenoxy) is 1. The molecule has 1 aliphatic rings. The second kappa shape index (κ2) is 8.02. The highest BCUT2D eigenvalue weighted by molar-refractivity contribution is 5.96. The van der Waals surface area contributed by atoms with Gasteiger partial charge >= 0.3 is 0 Å². The summed E-state index contributed by atoms with van der Waals surface area (Å²) in [6.07, 6.45) is 1.29. The van der Waals surface area contributed by atoms with Crippen molar-refractivity contribution in [1.82, 2.24) is 15.0 Å². The van der Waals surface area contributed by atoms with Gasteiger partial charge in [-0.15, -0.1) is 0 Å². The highest BCUT2D eigenvalue weighted by Gasteiger charge is 2.42. The van der Waals surface area contributed by atoms with Crippen LogP contribution in [0.5, 0.6) is 5.75 Å². The van der Waals surface area contributed by atoms with Crippen molar-refractivity contribution < 1.29 is 22.7 Å². The Labute approximate surface area is 171 Å². The first-order valence-electron chi connectivity index (χ1n) is 9.72. The summed E-state index contributed by atoms with van der Waals surface area (Å²) in [4.78, 5) is 12.8. The number of hydrogen-bond acceptors (Lipinski definition) is 3. The summed E-state index contributed by atoms with van der Waals surface area (Å²) in [6.45, 7) is 2.01. The maximum atomic E-state index is 14.1. The van der Waals surface area contributed by atoms with Crippen LogP contribution in [0.4, 0.5) is 13.2 Å². The van der Waals surface area contributed by atoms with Crippen molar-refractivity contribution in [2.24, 2.45) is 0 Å². The van der Waals surface area contributed by atoms with Gasteiger partial charge in [-0.2, -0.15) is 0 Å². The topological polar surface area (TPSA) is 54.8 Å². The van der Waals surface area contributed by atoms with E-state index in [9.17, 15) is 18.0 Å². The molecule has 2 aromatic heterocycles. The number of hydrogen-bond donors (Lipinski definition) is 2. The van der Waals surface area contributed by atoms with Crippen molar-refractivity contribution in [3.05, 3.63) is 71.3 Å². The molecular weight excluding hydrogens is 395 g/mol. The minimum Gasteiger partial charge on any atom is -0.487 e. The molecule has 0 aliphatic carbocycles. The number of amides is 1. The van der Waals surface area contributed by atoms with Crippen molar-refractivity contribution in [3.8, 4) is 5.75 Å². The smallest absolute Gasteiger partial charge is 0.270 e. The van der Waals surface area contributed by atoms with E-state index in [1.54, 1.807) is 53.9 Å². The number of pyridine rings is 1. The third kappa shape index (κ3) is 4.00. The number of piperidine rings is 1. The van der Waals surface area contributed by atoms with E-state index in [2.05, 4.69) is 10.6 Å². The summed E-state index contributed by atoms with van der Waals surface area (Å²) in [5.41, 5.74) is 2.06. The van der Waals surface area contributed by atoms with Crippen LogP contribution in [0.3, 0.4) is 0 Å². The van der Waals surface area contributed by atoms with Crippen molar-refractivity contribution in [2.75, 3.05) is 13.1 Å². The normalized spacial score (nSPS) is 18.3. The number of aryl methyl sites for hydroxylation is 1. The molecule has 1 saturated heterocycles. The zero-order valence-electron chi connectivity index (χ0n) is 16.4. The second-order valence-electron chi connectivity index (χ2n) is 7.46. The molecular formula is C22H22F3N3O2. The average molecular weight is 417 g/mol. The molecule has 0 bridgehead atoms. The van der Waals surface area contributed by atoms with E-state index in [4.69, 9.17) is 4.74 Å². The molecule has 0 saturated carbocycles. The summed E-state index contributed by atoms with van der Waals surface area (Å²) in [5.74, 6) is -3.47. The Kier molecular flexibility index (Phi) is 5.42. The molecule has 0 radical (unpaired) electrons. The Morgan fingerprint density at radius 2 is 2.10 bits per heavy atom. The molecule has 0 spiro atoms. The third-order valence-corrected chi connectivity index (χ3v) is 5.30. The third-order valence-electron chi connectivity index (χ3n) is 5.30. The minimum atomic E-state index is -2.96. The molecule has 8 heteroatoms. The summed E-state index contributed by atoms with van der Waals surface area (Å²) >= 11 is 0. The van der Waals surface area contributed by atoms with Crippen LogP contribution >= 0.6 is 0 Å². The lowest BCUT2D eigenvalue weighted by Crippen LogP contribution is -2.57. The highest BCUT2D eigenvalue weighted by atomic mass is 19.3. The second-order valence-corrected chi connectivity index (χ2v) is 7.46. The predicted octanol–water partition coefficient (Wildman–Crippen LogP) is 3.69. The van der Waals surface area contributed by atoms with E-state index in [1.807, 2.05) is 0 Å². The van der Waals surface area contributed by atoms with Crippen LogP contribution in [0.2, 0.25) is 0 Å². The largest absolute Gasteiger partial charge is 0.487 e. The molecule has 1 aromatic carbocycles. The SMILES string of the molecule is Cc1cc2ccc(OCc3ccccc3F)cn2c1C(=O)NC1CNCCC1(F)F. The summed E-state index contributed by atoms with van der Waals surface area (Å²) in [7, 11) is 0. The number of rotatable bonds is 5. The Hall–Kier alpha value is -3.00. The van der Waals surface area contributed by atoms with Crippen LogP contribution in [0.25, 0.3) is 5.52 Å². The van der Waals surface area contributed by atoms with Crippen molar-refractivity contribution in [1.29, 1.82) is 0 Å². The first kappa shape index (κ1) is 20.3. The number of aromatic nitrogens is 1. The van der Waals surface area contributed by atoms with E-state index in [0.29, 0.717) is 16.9 Å². The maximum Gasteiger partial charge on any atom is 0.270 e. The monoisotopic (exact) mass is 417 g/mol. The molecule has 1 amide bonds. The fourth-order valence-corrected chi connectivity index (χ4v) is 3.64. The van der Waals surface area contributed by atoms with Gasteiger partial charge < -0.3 is 19.8 Å². The van der Waals surface area contributed by atoms with Gasteiger partial charge in [0, 0.05) is 30.6 Å². The van der Waals surface area contributed by atoms with Crippen LogP contribution in [0.1, 0.15) is 28.0 Å². The van der Waals surface area contributed by atoms with E-state index >= 15 is 0 Å². The average Bonchev–Trinajstić information content (AvgIpc) is 3.04.